The summed E-state index contributed by atoms with van der Waals surface area (Å²) in [7, 11) is 0. The SMILES string of the molecule is ClC1=C(Cl)[C@@]2(Cl)C3C([C@@H]4C[C@@H]3C3OC34)C1(Cl)C2(Cl)Cl. The van der Waals surface area contributed by atoms with E-state index in [0.717, 1.165) is 6.42 Å². The molecule has 8 atom stereocenters. The molecule has 0 aromatic heterocycles. The van der Waals surface area contributed by atoms with E-state index < -0.39 is 14.1 Å². The Bertz CT molecular complexity index is 516. The number of alkyl halides is 4. The summed E-state index contributed by atoms with van der Waals surface area (Å²) >= 11 is 39.5. The van der Waals surface area contributed by atoms with Gasteiger partial charge in [0.05, 0.1) is 22.3 Å². The van der Waals surface area contributed by atoms with E-state index in [0.29, 0.717) is 21.9 Å². The molecule has 0 N–H and O–H groups in total. The van der Waals surface area contributed by atoms with Crippen LogP contribution in [0.3, 0.4) is 0 Å². The summed E-state index contributed by atoms with van der Waals surface area (Å²) < 4.78 is 4.35. The molecule has 1 aliphatic heterocycles. The summed E-state index contributed by atoms with van der Waals surface area (Å²) in [6, 6.07) is 0. The molecule has 4 bridgehead atoms. The number of rotatable bonds is 0. The molecule has 19 heavy (non-hydrogen) atoms. The lowest BCUT2D eigenvalue weighted by atomic mass is 9.73. The molecule has 0 amide bonds. The van der Waals surface area contributed by atoms with Crippen LogP contribution in [0.2, 0.25) is 0 Å². The van der Waals surface area contributed by atoms with Crippen LogP contribution in [0.1, 0.15) is 6.42 Å². The van der Waals surface area contributed by atoms with Crippen molar-refractivity contribution in [3.8, 4) is 0 Å². The molecular formula is C12H8Cl6O. The summed E-state index contributed by atoms with van der Waals surface area (Å²) in [4.78, 5) is -2.17. The van der Waals surface area contributed by atoms with Crippen LogP contribution < -0.4 is 0 Å². The zero-order valence-electron chi connectivity index (χ0n) is 9.35. The van der Waals surface area contributed by atoms with Crippen LogP contribution in [0, 0.1) is 23.7 Å². The van der Waals surface area contributed by atoms with Crippen LogP contribution in [0.15, 0.2) is 10.1 Å². The number of halogens is 6. The number of ether oxygens (including phenoxy) is 1. The molecule has 3 saturated carbocycles. The summed E-state index contributed by atoms with van der Waals surface area (Å²) in [6.45, 7) is 0. The van der Waals surface area contributed by atoms with Crippen molar-refractivity contribution in [1.82, 2.24) is 0 Å². The van der Waals surface area contributed by atoms with Crippen molar-refractivity contribution < 1.29 is 4.74 Å². The predicted octanol–water partition coefficient (Wildman–Crippen LogP) is 4.48. The molecule has 1 saturated heterocycles. The smallest absolute Gasteiger partial charge is 0.166 e. The Morgan fingerprint density at radius 3 is 1.68 bits per heavy atom. The van der Waals surface area contributed by atoms with Crippen molar-refractivity contribution in [2.45, 2.75) is 32.7 Å². The first-order valence-electron chi connectivity index (χ1n) is 6.25. The molecule has 104 valence electrons. The highest BCUT2D eigenvalue weighted by atomic mass is 35.5. The van der Waals surface area contributed by atoms with Gasteiger partial charge < -0.3 is 4.74 Å². The van der Waals surface area contributed by atoms with Crippen LogP contribution in [0.5, 0.6) is 0 Å². The second-order valence-electron chi connectivity index (χ2n) is 6.31. The molecule has 4 fully saturated rings. The number of hydrogen-bond donors (Lipinski definition) is 0. The summed E-state index contributed by atoms with van der Waals surface area (Å²) in [5.41, 5.74) is 0. The molecule has 5 rings (SSSR count). The minimum atomic E-state index is -1.37. The zero-order valence-corrected chi connectivity index (χ0v) is 13.9. The number of fused-ring (bicyclic) bond motifs is 12. The van der Waals surface area contributed by atoms with E-state index in [4.69, 9.17) is 74.3 Å². The van der Waals surface area contributed by atoms with Gasteiger partial charge in [-0.15, -0.1) is 23.2 Å². The Balaban J connectivity index is 1.80. The van der Waals surface area contributed by atoms with Crippen LogP contribution in [-0.4, -0.2) is 26.3 Å². The topological polar surface area (TPSA) is 12.5 Å². The van der Waals surface area contributed by atoms with Crippen LogP contribution in [-0.2, 0) is 4.74 Å². The van der Waals surface area contributed by atoms with Crippen molar-refractivity contribution >= 4 is 69.6 Å². The first kappa shape index (κ1) is 12.9. The summed E-state index contributed by atoms with van der Waals surface area (Å²) in [6.07, 6.45) is 1.63. The van der Waals surface area contributed by atoms with Gasteiger partial charge in [0.1, 0.15) is 9.75 Å². The van der Waals surface area contributed by atoms with E-state index in [1.165, 1.54) is 0 Å². The van der Waals surface area contributed by atoms with Crippen molar-refractivity contribution in [2.24, 2.45) is 23.7 Å². The maximum absolute atomic E-state index is 6.82. The van der Waals surface area contributed by atoms with Gasteiger partial charge in [-0.05, 0) is 30.1 Å². The minimum Gasteiger partial charge on any atom is -0.369 e. The van der Waals surface area contributed by atoms with E-state index in [1.54, 1.807) is 0 Å². The molecule has 4 aliphatic carbocycles. The lowest BCUT2D eigenvalue weighted by molar-refractivity contribution is 0.237. The highest BCUT2D eigenvalue weighted by molar-refractivity contribution is 6.65. The molecule has 0 aromatic carbocycles. The van der Waals surface area contributed by atoms with E-state index in [-0.39, 0.29) is 24.0 Å². The Morgan fingerprint density at radius 2 is 1.26 bits per heavy atom. The number of hydrogen-bond acceptors (Lipinski definition) is 1. The predicted molar refractivity (Wildman–Crippen MR) is 77.6 cm³/mol. The Hall–Kier alpha value is 1.44. The summed E-state index contributed by atoms with van der Waals surface area (Å²) in [5.74, 6) is 0.776. The molecule has 1 heterocycles. The maximum Gasteiger partial charge on any atom is 0.166 e. The number of epoxide rings is 1. The molecule has 0 spiro atoms. The average Bonchev–Trinajstić information content (AvgIpc) is 2.91. The van der Waals surface area contributed by atoms with Gasteiger partial charge in [0.2, 0.25) is 0 Å². The fourth-order valence-electron chi connectivity index (χ4n) is 5.30. The Morgan fingerprint density at radius 1 is 0.842 bits per heavy atom. The lowest BCUT2D eigenvalue weighted by Gasteiger charge is -2.38. The van der Waals surface area contributed by atoms with E-state index >= 15 is 0 Å². The standard InChI is InChI=1S/C12H8Cl6O/c13-8-9(14)11(16)5-3-1-2(6-7(3)19-6)4(5)10(8,15)12(11,17)18/h2-7H,1H2/t2-,3-,4?,5?,6?,7?,10-,11?/m0/s1. The van der Waals surface area contributed by atoms with Gasteiger partial charge in [-0.2, -0.15) is 0 Å². The minimum absolute atomic E-state index is 0.0467. The molecule has 5 unspecified atom stereocenters. The van der Waals surface area contributed by atoms with Crippen LogP contribution in [0.25, 0.3) is 0 Å². The van der Waals surface area contributed by atoms with Gasteiger partial charge in [-0.25, -0.2) is 0 Å². The molecule has 7 heteroatoms. The van der Waals surface area contributed by atoms with Crippen molar-refractivity contribution in [2.75, 3.05) is 0 Å². The van der Waals surface area contributed by atoms with Crippen LogP contribution >= 0.6 is 69.6 Å². The quantitative estimate of drug-likeness (QED) is 0.343. The third-order valence-electron chi connectivity index (χ3n) is 5.92. The molecular weight excluding hydrogens is 373 g/mol. The van der Waals surface area contributed by atoms with Gasteiger partial charge >= 0.3 is 0 Å². The third kappa shape index (κ3) is 0.986. The van der Waals surface area contributed by atoms with Crippen molar-refractivity contribution in [3.63, 3.8) is 0 Å². The Kier molecular flexibility index (Phi) is 2.18. The monoisotopic (exact) mass is 378 g/mol. The van der Waals surface area contributed by atoms with Gasteiger partial charge in [-0.1, -0.05) is 46.4 Å². The highest BCUT2D eigenvalue weighted by Crippen LogP contribution is 2.84. The van der Waals surface area contributed by atoms with Gasteiger partial charge in [0.15, 0.2) is 4.33 Å². The molecule has 0 radical (unpaired) electrons. The van der Waals surface area contributed by atoms with Crippen molar-refractivity contribution in [1.29, 1.82) is 0 Å². The maximum atomic E-state index is 6.82. The van der Waals surface area contributed by atoms with Crippen LogP contribution in [0.4, 0.5) is 0 Å². The van der Waals surface area contributed by atoms with Gasteiger partial charge in [0, 0.05) is 0 Å². The first-order chi connectivity index (χ1) is 8.78. The molecule has 0 aromatic rings. The highest BCUT2D eigenvalue weighted by Gasteiger charge is 2.89. The van der Waals surface area contributed by atoms with E-state index in [2.05, 4.69) is 0 Å². The third-order valence-corrected chi connectivity index (χ3v) is 10.2. The largest absolute Gasteiger partial charge is 0.369 e. The van der Waals surface area contributed by atoms with Crippen molar-refractivity contribution in [3.05, 3.63) is 10.1 Å². The van der Waals surface area contributed by atoms with Gasteiger partial charge in [0.25, 0.3) is 0 Å². The fourth-order valence-corrected chi connectivity index (χ4v) is 8.43. The molecule has 5 aliphatic rings. The Labute approximate surface area is 140 Å². The second-order valence-corrected chi connectivity index (χ2v) is 9.58. The number of allylic oxidation sites excluding steroid dienone is 2. The summed E-state index contributed by atoms with van der Waals surface area (Å²) in [5, 5.41) is 0.642. The van der Waals surface area contributed by atoms with Gasteiger partial charge in [-0.3, -0.25) is 0 Å². The normalized spacial score (nSPS) is 66.6. The first-order valence-corrected chi connectivity index (χ1v) is 8.52. The second kappa shape index (κ2) is 3.20. The van der Waals surface area contributed by atoms with E-state index in [9.17, 15) is 0 Å². The molecule has 1 nitrogen and oxygen atoms in total. The van der Waals surface area contributed by atoms with E-state index in [1.807, 2.05) is 0 Å². The fraction of sp³-hybridized carbons (Fsp3) is 0.833. The zero-order chi connectivity index (χ0) is 13.5. The average molecular weight is 381 g/mol. The lowest BCUT2D eigenvalue weighted by Crippen LogP contribution is -2.46.